The van der Waals surface area contributed by atoms with Crippen molar-refractivity contribution in [2.24, 2.45) is 23.2 Å². The Hall–Kier alpha value is -1.49. The second-order valence-corrected chi connectivity index (χ2v) is 9.31. The van der Waals surface area contributed by atoms with Crippen LogP contribution in [0.3, 0.4) is 0 Å². The molecule has 4 aliphatic rings. The Balaban J connectivity index is 1.47. The maximum absolute atomic E-state index is 5.70. The summed E-state index contributed by atoms with van der Waals surface area (Å²) in [5.41, 5.74) is 1.28. The quantitative estimate of drug-likeness (QED) is 0.673. The predicted molar refractivity (Wildman–Crippen MR) is 114 cm³/mol. The molecule has 0 spiro atoms. The van der Waals surface area contributed by atoms with Crippen LogP contribution in [0, 0.1) is 23.2 Å². The average Bonchev–Trinajstić information content (AvgIpc) is 2.64. The standard InChI is InChI=1S/C22H32N2O2S/c1-4-20(22-11-14-7-15(12-22)9-16(8-14)13-22)24-21(27)23-18-10-17(25-2)5-6-19(18)26-3/h5-6,10,14-16,20H,4,7-9,11-13H2,1-3H3,(H2,23,24,27). The molecule has 0 saturated heterocycles. The average molecular weight is 389 g/mol. The van der Waals surface area contributed by atoms with Crippen molar-refractivity contribution in [3.63, 3.8) is 0 Å². The van der Waals surface area contributed by atoms with Gasteiger partial charge in [-0.1, -0.05) is 6.92 Å². The van der Waals surface area contributed by atoms with Crippen molar-refractivity contribution in [2.45, 2.75) is 57.9 Å². The number of hydrogen-bond donors (Lipinski definition) is 2. The van der Waals surface area contributed by atoms with Gasteiger partial charge in [0.15, 0.2) is 5.11 Å². The van der Waals surface area contributed by atoms with Crippen LogP contribution in [0.2, 0.25) is 0 Å². The van der Waals surface area contributed by atoms with Gasteiger partial charge in [-0.25, -0.2) is 0 Å². The van der Waals surface area contributed by atoms with Crippen molar-refractivity contribution in [3.05, 3.63) is 18.2 Å². The molecular formula is C22H32N2O2S. The summed E-state index contributed by atoms with van der Waals surface area (Å²) in [5, 5.41) is 7.72. The summed E-state index contributed by atoms with van der Waals surface area (Å²) in [7, 11) is 3.34. The van der Waals surface area contributed by atoms with E-state index in [1.165, 1.54) is 38.5 Å². The van der Waals surface area contributed by atoms with E-state index in [1.54, 1.807) is 14.2 Å². The molecule has 0 radical (unpaired) electrons. The Morgan fingerprint density at radius 3 is 2.26 bits per heavy atom. The van der Waals surface area contributed by atoms with Crippen molar-refractivity contribution in [3.8, 4) is 11.5 Å². The van der Waals surface area contributed by atoms with E-state index in [9.17, 15) is 0 Å². The first kappa shape index (κ1) is 18.9. The smallest absolute Gasteiger partial charge is 0.171 e. The second-order valence-electron chi connectivity index (χ2n) is 8.91. The minimum atomic E-state index is 0.438. The predicted octanol–water partition coefficient (Wildman–Crippen LogP) is 4.99. The highest BCUT2D eigenvalue weighted by atomic mass is 32.1. The Kier molecular flexibility index (Phi) is 5.23. The highest BCUT2D eigenvalue weighted by Gasteiger charge is 2.53. The Morgan fingerprint density at radius 1 is 1.11 bits per heavy atom. The fourth-order valence-corrected chi connectivity index (χ4v) is 6.77. The zero-order valence-corrected chi connectivity index (χ0v) is 17.5. The summed E-state index contributed by atoms with van der Waals surface area (Å²) >= 11 is 5.70. The lowest BCUT2D eigenvalue weighted by Gasteiger charge is -2.59. The first-order chi connectivity index (χ1) is 13.0. The van der Waals surface area contributed by atoms with E-state index in [4.69, 9.17) is 21.7 Å². The number of nitrogens with one attached hydrogen (secondary N) is 2. The van der Waals surface area contributed by atoms with Gasteiger partial charge in [0.1, 0.15) is 11.5 Å². The molecule has 0 amide bonds. The second kappa shape index (κ2) is 7.50. The Bertz CT molecular complexity index is 670. The van der Waals surface area contributed by atoms with E-state index in [1.807, 2.05) is 18.2 Å². The van der Waals surface area contributed by atoms with Crippen LogP contribution in [-0.2, 0) is 0 Å². The number of thiocarbonyl (C=S) groups is 1. The molecule has 1 atom stereocenters. The number of ether oxygens (including phenoxy) is 2. The van der Waals surface area contributed by atoms with Crippen LogP contribution in [-0.4, -0.2) is 25.4 Å². The number of methoxy groups -OCH3 is 2. The fourth-order valence-electron chi connectivity index (χ4n) is 6.52. The van der Waals surface area contributed by atoms with Gasteiger partial charge in [0.2, 0.25) is 0 Å². The van der Waals surface area contributed by atoms with Gasteiger partial charge in [-0.15, -0.1) is 0 Å². The highest BCUT2D eigenvalue weighted by Crippen LogP contribution is 2.61. The van der Waals surface area contributed by atoms with E-state index in [0.29, 0.717) is 16.6 Å². The van der Waals surface area contributed by atoms with Gasteiger partial charge in [-0.2, -0.15) is 0 Å². The molecule has 4 fully saturated rings. The van der Waals surface area contributed by atoms with Crippen LogP contribution in [0.5, 0.6) is 11.5 Å². The summed E-state index contributed by atoms with van der Waals surface area (Å²) in [5.74, 6) is 4.41. The fraction of sp³-hybridized carbons (Fsp3) is 0.682. The molecule has 0 heterocycles. The van der Waals surface area contributed by atoms with Crippen molar-refractivity contribution in [1.82, 2.24) is 5.32 Å². The lowest BCUT2D eigenvalue weighted by atomic mass is 9.47. The molecule has 148 valence electrons. The molecule has 4 bridgehead atoms. The van der Waals surface area contributed by atoms with Crippen molar-refractivity contribution in [1.29, 1.82) is 0 Å². The molecule has 1 aromatic rings. The molecular weight excluding hydrogens is 356 g/mol. The summed E-state index contributed by atoms with van der Waals surface area (Å²) in [6.07, 6.45) is 9.68. The third-order valence-electron chi connectivity index (χ3n) is 7.19. The Labute approximate surface area is 168 Å². The molecule has 5 rings (SSSR count). The topological polar surface area (TPSA) is 42.5 Å². The molecule has 27 heavy (non-hydrogen) atoms. The maximum atomic E-state index is 5.70. The molecule has 4 nitrogen and oxygen atoms in total. The van der Waals surface area contributed by atoms with Gasteiger partial charge in [0.05, 0.1) is 19.9 Å². The van der Waals surface area contributed by atoms with E-state index < -0.39 is 0 Å². The van der Waals surface area contributed by atoms with E-state index in [2.05, 4.69) is 17.6 Å². The van der Waals surface area contributed by atoms with Gasteiger partial charge in [-0.3, -0.25) is 0 Å². The van der Waals surface area contributed by atoms with Gasteiger partial charge < -0.3 is 20.1 Å². The number of anilines is 1. The molecule has 5 heteroatoms. The third kappa shape index (κ3) is 3.63. The highest BCUT2D eigenvalue weighted by molar-refractivity contribution is 7.80. The molecule has 0 aliphatic heterocycles. The van der Waals surface area contributed by atoms with Gasteiger partial charge in [-0.05, 0) is 92.5 Å². The van der Waals surface area contributed by atoms with Gasteiger partial charge >= 0.3 is 0 Å². The zero-order chi connectivity index (χ0) is 19.0. The van der Waals surface area contributed by atoms with E-state index in [-0.39, 0.29) is 0 Å². The number of hydrogen-bond acceptors (Lipinski definition) is 3. The summed E-state index contributed by atoms with van der Waals surface area (Å²) < 4.78 is 10.8. The van der Waals surface area contributed by atoms with Crippen LogP contribution in [0.25, 0.3) is 0 Å². The number of benzene rings is 1. The summed E-state index contributed by atoms with van der Waals surface area (Å²) in [6, 6.07) is 6.17. The molecule has 1 aromatic carbocycles. The first-order valence-electron chi connectivity index (χ1n) is 10.3. The lowest BCUT2D eigenvalue weighted by Crippen LogP contribution is -2.57. The molecule has 2 N–H and O–H groups in total. The van der Waals surface area contributed by atoms with E-state index >= 15 is 0 Å². The van der Waals surface area contributed by atoms with Crippen LogP contribution >= 0.6 is 12.2 Å². The van der Waals surface area contributed by atoms with Crippen LogP contribution in [0.4, 0.5) is 5.69 Å². The SMILES string of the molecule is CCC(NC(=S)Nc1cc(OC)ccc1OC)C12CC3CC(CC(C3)C1)C2. The first-order valence-corrected chi connectivity index (χ1v) is 10.8. The molecule has 4 aliphatic carbocycles. The molecule has 0 aromatic heterocycles. The van der Waals surface area contributed by atoms with Crippen LogP contribution in [0.15, 0.2) is 18.2 Å². The number of rotatable bonds is 6. The third-order valence-corrected chi connectivity index (χ3v) is 7.41. The summed E-state index contributed by atoms with van der Waals surface area (Å²) in [6.45, 7) is 2.30. The minimum absolute atomic E-state index is 0.438. The largest absolute Gasteiger partial charge is 0.497 e. The molecule has 1 unspecified atom stereocenters. The van der Waals surface area contributed by atoms with E-state index in [0.717, 1.165) is 41.4 Å². The maximum Gasteiger partial charge on any atom is 0.171 e. The van der Waals surface area contributed by atoms with Crippen molar-refractivity contribution >= 4 is 23.0 Å². The van der Waals surface area contributed by atoms with Crippen molar-refractivity contribution < 1.29 is 9.47 Å². The lowest BCUT2D eigenvalue weighted by molar-refractivity contribution is -0.0709. The Morgan fingerprint density at radius 2 is 1.74 bits per heavy atom. The monoisotopic (exact) mass is 388 g/mol. The van der Waals surface area contributed by atoms with Crippen LogP contribution < -0.4 is 20.1 Å². The van der Waals surface area contributed by atoms with Gasteiger partial charge in [0, 0.05) is 12.1 Å². The minimum Gasteiger partial charge on any atom is -0.497 e. The summed E-state index contributed by atoms with van der Waals surface area (Å²) in [4.78, 5) is 0. The molecule has 4 saturated carbocycles. The van der Waals surface area contributed by atoms with Crippen LogP contribution in [0.1, 0.15) is 51.9 Å². The van der Waals surface area contributed by atoms with Crippen molar-refractivity contribution in [2.75, 3.05) is 19.5 Å². The van der Waals surface area contributed by atoms with Gasteiger partial charge in [0.25, 0.3) is 0 Å². The normalized spacial score (nSPS) is 32.0. The zero-order valence-electron chi connectivity index (χ0n) is 16.7.